The Kier molecular flexibility index (Phi) is 11.2. The molecule has 2 atom stereocenters. The van der Waals surface area contributed by atoms with Crippen LogP contribution in [0.2, 0.25) is 0 Å². The quantitative estimate of drug-likeness (QED) is 0.331. The fraction of sp³-hybridized carbons (Fsp3) is 0.567. The summed E-state index contributed by atoms with van der Waals surface area (Å²) in [6.07, 6.45) is 14.3. The summed E-state index contributed by atoms with van der Waals surface area (Å²) in [6.45, 7) is 19.9. The summed E-state index contributed by atoms with van der Waals surface area (Å²) in [4.78, 5) is 6.36. The molecule has 2 nitrogen and oxygen atoms in total. The molecule has 2 heteroatoms. The van der Waals surface area contributed by atoms with Gasteiger partial charge >= 0.3 is 0 Å². The van der Waals surface area contributed by atoms with Crippen LogP contribution in [0.15, 0.2) is 59.1 Å². The molecule has 0 aromatic heterocycles. The number of hydrogen-bond acceptors (Lipinski definition) is 2. The maximum Gasteiger partial charge on any atom is 0.0521 e. The summed E-state index contributed by atoms with van der Waals surface area (Å²) in [7, 11) is 1.75. The minimum Gasteiger partial charge on any atom is -0.301 e. The van der Waals surface area contributed by atoms with Crippen LogP contribution in [-0.2, 0) is 6.42 Å². The molecule has 1 fully saturated rings. The molecule has 0 amide bonds. The lowest BCUT2D eigenvalue weighted by atomic mass is 9.80. The topological polar surface area (TPSA) is 15.6 Å². The molecule has 176 valence electrons. The van der Waals surface area contributed by atoms with Gasteiger partial charge in [-0.3, -0.25) is 4.90 Å². The van der Waals surface area contributed by atoms with E-state index in [1.54, 1.807) is 18.8 Å². The van der Waals surface area contributed by atoms with Gasteiger partial charge in [0.15, 0.2) is 0 Å². The SMILES string of the molecule is C=C(Cc1c(C)cccc1C)C(C1=CC[C@@H](C(=C)C)CC1)N1CCCCCC1.CC=NC. The van der Waals surface area contributed by atoms with Gasteiger partial charge in [0.05, 0.1) is 6.04 Å². The Balaban J connectivity index is 0.000000837. The number of rotatable bonds is 6. The second-order valence-corrected chi connectivity index (χ2v) is 9.67. The second-order valence-electron chi connectivity index (χ2n) is 9.67. The van der Waals surface area contributed by atoms with Gasteiger partial charge in [0.2, 0.25) is 0 Å². The van der Waals surface area contributed by atoms with Crippen LogP contribution < -0.4 is 0 Å². The molecule has 0 bridgehead atoms. The van der Waals surface area contributed by atoms with Crippen molar-refractivity contribution in [3.8, 4) is 0 Å². The Morgan fingerprint density at radius 1 is 1.12 bits per heavy atom. The van der Waals surface area contributed by atoms with E-state index in [1.807, 2.05) is 6.92 Å². The predicted octanol–water partition coefficient (Wildman–Crippen LogP) is 7.66. The molecule has 2 aliphatic rings. The number of aliphatic imine (C=N–C) groups is 1. The number of allylic oxidation sites excluding steroid dienone is 2. The monoisotopic (exact) mass is 434 g/mol. The van der Waals surface area contributed by atoms with Crippen LogP contribution in [0.1, 0.15) is 75.5 Å². The van der Waals surface area contributed by atoms with E-state index in [2.05, 4.69) is 68.1 Å². The first-order chi connectivity index (χ1) is 15.4. The number of nitrogens with zero attached hydrogens (tertiary/aromatic N) is 2. The maximum atomic E-state index is 4.67. The third-order valence-corrected chi connectivity index (χ3v) is 7.19. The van der Waals surface area contributed by atoms with Gasteiger partial charge in [-0.15, -0.1) is 0 Å². The van der Waals surface area contributed by atoms with Crippen LogP contribution in [0.3, 0.4) is 0 Å². The van der Waals surface area contributed by atoms with E-state index in [-0.39, 0.29) is 0 Å². The van der Waals surface area contributed by atoms with Crippen molar-refractivity contribution in [1.29, 1.82) is 0 Å². The lowest BCUT2D eigenvalue weighted by Crippen LogP contribution is -2.40. The molecule has 32 heavy (non-hydrogen) atoms. The minimum absolute atomic E-state index is 0.420. The summed E-state index contributed by atoms with van der Waals surface area (Å²) >= 11 is 0. The van der Waals surface area contributed by atoms with Crippen molar-refractivity contribution in [1.82, 2.24) is 4.90 Å². The molecule has 1 aliphatic heterocycles. The number of aryl methyl sites for hydroxylation is 2. The first-order valence-electron chi connectivity index (χ1n) is 12.6. The van der Waals surface area contributed by atoms with Gasteiger partial charge in [-0.1, -0.05) is 67.0 Å². The van der Waals surface area contributed by atoms with Crippen LogP contribution in [0, 0.1) is 19.8 Å². The van der Waals surface area contributed by atoms with E-state index in [0.717, 1.165) is 12.8 Å². The second kappa shape index (κ2) is 13.6. The largest absolute Gasteiger partial charge is 0.301 e. The zero-order valence-electron chi connectivity index (χ0n) is 21.4. The molecule has 1 unspecified atom stereocenters. The normalized spacial score (nSPS) is 20.7. The molecule has 0 N–H and O–H groups in total. The van der Waals surface area contributed by atoms with Crippen molar-refractivity contribution in [2.45, 2.75) is 85.1 Å². The van der Waals surface area contributed by atoms with Crippen molar-refractivity contribution in [2.75, 3.05) is 20.1 Å². The third kappa shape index (κ3) is 7.59. The van der Waals surface area contributed by atoms with Crippen molar-refractivity contribution >= 4 is 6.21 Å². The predicted molar refractivity (Wildman–Crippen MR) is 143 cm³/mol. The van der Waals surface area contributed by atoms with Gasteiger partial charge in [-0.25, -0.2) is 0 Å². The lowest BCUT2D eigenvalue weighted by molar-refractivity contribution is 0.244. The molecule has 1 saturated heterocycles. The van der Waals surface area contributed by atoms with Crippen LogP contribution in [0.25, 0.3) is 0 Å². The van der Waals surface area contributed by atoms with Crippen LogP contribution in [-0.4, -0.2) is 37.3 Å². The van der Waals surface area contributed by atoms with Crippen LogP contribution >= 0.6 is 0 Å². The molecule has 0 saturated carbocycles. The van der Waals surface area contributed by atoms with Gasteiger partial charge in [0, 0.05) is 7.05 Å². The first-order valence-corrected chi connectivity index (χ1v) is 12.6. The standard InChI is InChI=1S/C27H39N.C3H7N/c1-20(2)24-13-15-25(16-14-24)27(28-17-8-6-7-9-18-28)23(5)19-26-21(3)11-10-12-22(26)4;1-3-4-2/h10-12,15,24,27H,1,5-9,13-14,16-19H2,2-4H3;3H,1-2H3/t24-,27?;/m1./s1. The van der Waals surface area contributed by atoms with E-state index in [9.17, 15) is 0 Å². The minimum atomic E-state index is 0.420. The average molecular weight is 435 g/mol. The average Bonchev–Trinajstić information content (AvgIpc) is 3.06. The van der Waals surface area contributed by atoms with Crippen molar-refractivity contribution < 1.29 is 0 Å². The highest BCUT2D eigenvalue weighted by Crippen LogP contribution is 2.35. The third-order valence-electron chi connectivity index (χ3n) is 7.19. The van der Waals surface area contributed by atoms with Gasteiger partial charge in [-0.2, -0.15) is 0 Å². The molecule has 0 spiro atoms. The molecule has 1 aromatic rings. The molecule has 1 heterocycles. The number of benzene rings is 1. The van der Waals surface area contributed by atoms with Crippen molar-refractivity contribution in [3.63, 3.8) is 0 Å². The zero-order chi connectivity index (χ0) is 23.5. The highest BCUT2D eigenvalue weighted by Gasteiger charge is 2.28. The van der Waals surface area contributed by atoms with E-state index < -0.39 is 0 Å². The van der Waals surface area contributed by atoms with Gasteiger partial charge in [0.1, 0.15) is 0 Å². The maximum absolute atomic E-state index is 4.67. The molecule has 3 rings (SSSR count). The first kappa shape index (κ1) is 26.3. The molecule has 1 aromatic carbocycles. The highest BCUT2D eigenvalue weighted by molar-refractivity contribution is 5.52. The van der Waals surface area contributed by atoms with E-state index in [0.29, 0.717) is 12.0 Å². The number of hydrogen-bond donors (Lipinski definition) is 0. The summed E-state index contributed by atoms with van der Waals surface area (Å²) in [5.41, 5.74) is 8.63. The molecule has 1 aliphatic carbocycles. The fourth-order valence-electron chi connectivity index (χ4n) is 5.11. The Morgan fingerprint density at radius 3 is 2.19 bits per heavy atom. The summed E-state index contributed by atoms with van der Waals surface area (Å²) in [6, 6.07) is 7.08. The number of likely N-dealkylation sites (tertiary alicyclic amines) is 1. The highest BCUT2D eigenvalue weighted by atomic mass is 15.2. The summed E-state index contributed by atoms with van der Waals surface area (Å²) in [5, 5.41) is 0. The van der Waals surface area contributed by atoms with E-state index in [1.165, 1.54) is 79.5 Å². The van der Waals surface area contributed by atoms with Crippen molar-refractivity contribution in [3.05, 3.63) is 70.8 Å². The fourth-order valence-corrected chi connectivity index (χ4v) is 5.11. The lowest BCUT2D eigenvalue weighted by Gasteiger charge is -2.37. The molecular weight excluding hydrogens is 388 g/mol. The molecular formula is C30H46N2. The van der Waals surface area contributed by atoms with Crippen LogP contribution in [0.4, 0.5) is 0 Å². The van der Waals surface area contributed by atoms with Gasteiger partial charge in [-0.05, 0) is 108 Å². The van der Waals surface area contributed by atoms with Gasteiger partial charge in [0.25, 0.3) is 0 Å². The van der Waals surface area contributed by atoms with E-state index >= 15 is 0 Å². The Hall–Kier alpha value is -1.93. The summed E-state index contributed by atoms with van der Waals surface area (Å²) < 4.78 is 0. The summed E-state index contributed by atoms with van der Waals surface area (Å²) in [5.74, 6) is 0.667. The molecule has 0 radical (unpaired) electrons. The van der Waals surface area contributed by atoms with Gasteiger partial charge < -0.3 is 4.99 Å². The Morgan fingerprint density at radius 2 is 1.72 bits per heavy atom. The van der Waals surface area contributed by atoms with Crippen molar-refractivity contribution in [2.24, 2.45) is 10.9 Å². The zero-order valence-corrected chi connectivity index (χ0v) is 21.4. The Labute approximate surface area is 198 Å². The Bertz CT molecular complexity index is 782. The smallest absolute Gasteiger partial charge is 0.0521 e. The van der Waals surface area contributed by atoms with E-state index in [4.69, 9.17) is 0 Å². The van der Waals surface area contributed by atoms with Crippen LogP contribution in [0.5, 0.6) is 0 Å².